The molecule has 41 heavy (non-hydrogen) atoms. The summed E-state index contributed by atoms with van der Waals surface area (Å²) >= 11 is 6.45. The second-order valence-corrected chi connectivity index (χ2v) is 10.5. The average Bonchev–Trinajstić information content (AvgIpc) is 3.02. The van der Waals surface area contributed by atoms with Gasteiger partial charge in [-0.05, 0) is 35.0 Å². The van der Waals surface area contributed by atoms with Gasteiger partial charge in [0.25, 0.3) is 0 Å². The lowest BCUT2D eigenvalue weighted by Gasteiger charge is -2.41. The van der Waals surface area contributed by atoms with E-state index in [-0.39, 0.29) is 25.0 Å². The first-order valence-electron chi connectivity index (χ1n) is 13.6. The number of amides is 1. The fourth-order valence-electron chi connectivity index (χ4n) is 5.67. The maximum absolute atomic E-state index is 13.0. The highest BCUT2D eigenvalue weighted by Crippen LogP contribution is 2.34. The van der Waals surface area contributed by atoms with E-state index in [9.17, 15) is 9.59 Å². The molecule has 0 N–H and O–H groups in total. The van der Waals surface area contributed by atoms with E-state index in [4.69, 9.17) is 21.1 Å². The first kappa shape index (κ1) is 26.8. The fraction of sp³-hybridized carbons (Fsp3) is 0.290. The number of rotatable bonds is 5. The van der Waals surface area contributed by atoms with E-state index in [2.05, 4.69) is 51.3 Å². The summed E-state index contributed by atoms with van der Waals surface area (Å²) in [5.74, 6) is 0.186. The van der Waals surface area contributed by atoms with Crippen molar-refractivity contribution in [1.29, 1.82) is 0 Å². The van der Waals surface area contributed by atoms with Crippen LogP contribution in [0.1, 0.15) is 16.8 Å². The SMILES string of the molecule is COC(=O)C1CN(c2nc(Cl)nc3c2CCN(c2cccc4ccccc24)C3)CCN1C(=O)OCc1ccccc1. The highest BCUT2D eigenvalue weighted by molar-refractivity contribution is 6.28. The van der Waals surface area contributed by atoms with Crippen molar-refractivity contribution >= 4 is 45.9 Å². The Morgan fingerprint density at radius 1 is 0.927 bits per heavy atom. The summed E-state index contributed by atoms with van der Waals surface area (Å²) in [7, 11) is 1.32. The van der Waals surface area contributed by atoms with E-state index in [1.54, 1.807) is 0 Å². The number of methoxy groups -OCH3 is 1. The molecule has 2 aliphatic rings. The van der Waals surface area contributed by atoms with Gasteiger partial charge in [0, 0.05) is 36.3 Å². The van der Waals surface area contributed by atoms with Crippen molar-refractivity contribution in [3.05, 3.63) is 94.9 Å². The summed E-state index contributed by atoms with van der Waals surface area (Å²) < 4.78 is 10.6. The molecule has 0 bridgehead atoms. The van der Waals surface area contributed by atoms with Crippen LogP contribution in [0.3, 0.4) is 0 Å². The highest BCUT2D eigenvalue weighted by Gasteiger charge is 2.39. The molecule has 6 rings (SSSR count). The van der Waals surface area contributed by atoms with Crippen LogP contribution in [-0.2, 0) is 33.8 Å². The molecule has 0 spiro atoms. The number of halogens is 1. The molecule has 4 aromatic rings. The summed E-state index contributed by atoms with van der Waals surface area (Å²) in [5, 5.41) is 2.53. The van der Waals surface area contributed by atoms with Gasteiger partial charge in [0.2, 0.25) is 5.28 Å². The molecular formula is C31H30ClN5O4. The van der Waals surface area contributed by atoms with Crippen molar-refractivity contribution in [1.82, 2.24) is 14.9 Å². The van der Waals surface area contributed by atoms with Crippen molar-refractivity contribution in [2.24, 2.45) is 0 Å². The first-order valence-corrected chi connectivity index (χ1v) is 14.0. The number of hydrogen-bond acceptors (Lipinski definition) is 8. The number of carbonyl (C=O) groups is 2. The Hall–Kier alpha value is -4.37. The van der Waals surface area contributed by atoms with Gasteiger partial charge in [0.1, 0.15) is 12.4 Å². The smallest absolute Gasteiger partial charge is 0.410 e. The van der Waals surface area contributed by atoms with Crippen LogP contribution in [0.5, 0.6) is 0 Å². The maximum Gasteiger partial charge on any atom is 0.410 e. The van der Waals surface area contributed by atoms with E-state index in [1.807, 2.05) is 41.3 Å². The number of esters is 1. The van der Waals surface area contributed by atoms with Crippen LogP contribution in [0.15, 0.2) is 72.8 Å². The van der Waals surface area contributed by atoms with Gasteiger partial charge < -0.3 is 19.3 Å². The number of ether oxygens (including phenoxy) is 2. The highest BCUT2D eigenvalue weighted by atomic mass is 35.5. The van der Waals surface area contributed by atoms with Gasteiger partial charge >= 0.3 is 12.1 Å². The van der Waals surface area contributed by atoms with E-state index in [0.717, 1.165) is 29.1 Å². The zero-order valence-electron chi connectivity index (χ0n) is 22.7. The minimum atomic E-state index is -0.850. The monoisotopic (exact) mass is 571 g/mol. The standard InChI is InChI=1S/C31H30ClN5O4/c1-40-29(38)27-19-36(16-17-37(27)31(39)41-20-21-8-3-2-4-9-21)28-24-14-15-35(18-25(24)33-30(32)34-28)26-13-7-11-22-10-5-6-12-23(22)26/h2-13,27H,14-20H2,1H3. The lowest BCUT2D eigenvalue weighted by atomic mass is 10.0. The average molecular weight is 572 g/mol. The summed E-state index contributed by atoms with van der Waals surface area (Å²) in [6.45, 7) is 2.43. The summed E-state index contributed by atoms with van der Waals surface area (Å²) in [6.07, 6.45) is 0.158. The Morgan fingerprint density at radius 2 is 1.71 bits per heavy atom. The lowest BCUT2D eigenvalue weighted by molar-refractivity contribution is -0.146. The van der Waals surface area contributed by atoms with Crippen LogP contribution >= 0.6 is 11.6 Å². The zero-order chi connectivity index (χ0) is 28.3. The molecule has 3 heterocycles. The number of piperazine rings is 1. The number of nitrogens with zero attached hydrogens (tertiary/aromatic N) is 5. The van der Waals surface area contributed by atoms with Crippen molar-refractivity contribution in [3.63, 3.8) is 0 Å². The van der Waals surface area contributed by atoms with Gasteiger partial charge in [-0.15, -0.1) is 0 Å². The number of anilines is 2. The Kier molecular flexibility index (Phi) is 7.61. The molecular weight excluding hydrogens is 542 g/mol. The third kappa shape index (κ3) is 5.50. The molecule has 3 aromatic carbocycles. The van der Waals surface area contributed by atoms with Crippen LogP contribution in [0.25, 0.3) is 10.8 Å². The maximum atomic E-state index is 13.0. The molecule has 1 unspecified atom stereocenters. The van der Waals surface area contributed by atoms with Crippen LogP contribution in [0, 0.1) is 0 Å². The first-order chi connectivity index (χ1) is 20.0. The molecule has 1 aromatic heterocycles. The zero-order valence-corrected chi connectivity index (χ0v) is 23.5. The molecule has 10 heteroatoms. The molecule has 0 radical (unpaired) electrons. The van der Waals surface area contributed by atoms with Crippen LogP contribution < -0.4 is 9.80 Å². The Balaban J connectivity index is 1.22. The summed E-state index contributed by atoms with van der Waals surface area (Å²) in [6, 6.07) is 23.2. The second kappa shape index (κ2) is 11.6. The molecule has 9 nitrogen and oxygen atoms in total. The summed E-state index contributed by atoms with van der Waals surface area (Å²) in [5.41, 5.74) is 3.89. The molecule has 210 valence electrons. The third-order valence-electron chi connectivity index (χ3n) is 7.72. The molecule has 1 saturated heterocycles. The van der Waals surface area contributed by atoms with Gasteiger partial charge in [0.15, 0.2) is 6.04 Å². The molecule has 0 aliphatic carbocycles. The predicted molar refractivity (Wildman–Crippen MR) is 157 cm³/mol. The van der Waals surface area contributed by atoms with Gasteiger partial charge in [-0.1, -0.05) is 66.7 Å². The fourth-order valence-corrected chi connectivity index (χ4v) is 5.85. The topological polar surface area (TPSA) is 88.1 Å². The van der Waals surface area contributed by atoms with Crippen molar-refractivity contribution in [3.8, 4) is 0 Å². The van der Waals surface area contributed by atoms with E-state index < -0.39 is 18.1 Å². The number of benzene rings is 3. The lowest BCUT2D eigenvalue weighted by Crippen LogP contribution is -2.59. The van der Waals surface area contributed by atoms with E-state index >= 15 is 0 Å². The van der Waals surface area contributed by atoms with Crippen LogP contribution in [0.2, 0.25) is 5.28 Å². The quantitative estimate of drug-likeness (QED) is 0.248. The molecule has 1 fully saturated rings. The predicted octanol–water partition coefficient (Wildman–Crippen LogP) is 4.85. The van der Waals surface area contributed by atoms with Crippen molar-refractivity contribution in [2.75, 3.05) is 43.1 Å². The van der Waals surface area contributed by atoms with Gasteiger partial charge in [0.05, 0.1) is 25.9 Å². The van der Waals surface area contributed by atoms with Crippen LogP contribution in [-0.4, -0.2) is 66.3 Å². The summed E-state index contributed by atoms with van der Waals surface area (Å²) in [4.78, 5) is 40.8. The van der Waals surface area contributed by atoms with Gasteiger partial charge in [-0.3, -0.25) is 4.90 Å². The van der Waals surface area contributed by atoms with E-state index in [1.165, 1.54) is 22.8 Å². The Labute approximate surface area is 243 Å². The molecule has 1 amide bonds. The van der Waals surface area contributed by atoms with E-state index in [0.29, 0.717) is 25.3 Å². The normalized spacial score (nSPS) is 16.8. The van der Waals surface area contributed by atoms with Gasteiger partial charge in [-0.2, -0.15) is 0 Å². The molecule has 2 aliphatic heterocycles. The largest absolute Gasteiger partial charge is 0.467 e. The Morgan fingerprint density at radius 3 is 2.54 bits per heavy atom. The minimum Gasteiger partial charge on any atom is -0.467 e. The number of fused-ring (bicyclic) bond motifs is 2. The Bertz CT molecular complexity index is 1580. The second-order valence-electron chi connectivity index (χ2n) is 10.1. The van der Waals surface area contributed by atoms with Crippen LogP contribution in [0.4, 0.5) is 16.3 Å². The molecule has 1 atom stereocenters. The third-order valence-corrected chi connectivity index (χ3v) is 7.89. The number of hydrogen-bond donors (Lipinski definition) is 0. The van der Waals surface area contributed by atoms with Crippen molar-refractivity contribution < 1.29 is 19.1 Å². The number of aromatic nitrogens is 2. The molecule has 0 saturated carbocycles. The van der Waals surface area contributed by atoms with Gasteiger partial charge in [-0.25, -0.2) is 19.6 Å². The van der Waals surface area contributed by atoms with Crippen molar-refractivity contribution in [2.45, 2.75) is 25.6 Å². The number of carbonyl (C=O) groups excluding carboxylic acids is 2. The minimum absolute atomic E-state index is 0.121.